The molecule has 0 spiro atoms. The third-order valence-electron chi connectivity index (χ3n) is 4.42. The highest BCUT2D eigenvalue weighted by Crippen LogP contribution is 2.33. The number of aryl methyl sites for hydroxylation is 1. The number of hydrogen-bond donors (Lipinski definition) is 0. The summed E-state index contributed by atoms with van der Waals surface area (Å²) in [6, 6.07) is 8.10. The van der Waals surface area contributed by atoms with Gasteiger partial charge in [0.05, 0.1) is 11.3 Å². The molecule has 0 aliphatic heterocycles. The highest BCUT2D eigenvalue weighted by molar-refractivity contribution is 5.87. The molecule has 0 fully saturated rings. The van der Waals surface area contributed by atoms with Crippen molar-refractivity contribution >= 4 is 5.97 Å². The predicted octanol–water partition coefficient (Wildman–Crippen LogP) is 4.76. The van der Waals surface area contributed by atoms with Gasteiger partial charge in [-0.2, -0.15) is 18.3 Å². The number of para-hydroxylation sites is 1. The highest BCUT2D eigenvalue weighted by Gasteiger charge is 2.34. The molecule has 3 aromatic rings. The first-order valence-corrected chi connectivity index (χ1v) is 8.92. The van der Waals surface area contributed by atoms with Crippen LogP contribution in [0, 0.1) is 18.6 Å². The first kappa shape index (κ1) is 22.1. The van der Waals surface area contributed by atoms with Gasteiger partial charge < -0.3 is 4.74 Å². The Kier molecular flexibility index (Phi) is 5.92. The molecule has 5 nitrogen and oxygen atoms in total. The van der Waals surface area contributed by atoms with Crippen molar-refractivity contribution in [1.82, 2.24) is 9.78 Å². The molecule has 2 aromatic carbocycles. The number of carbonyl (C=O) groups is 1. The lowest BCUT2D eigenvalue weighted by Gasteiger charge is -2.17. The molecule has 1 atom stereocenters. The second-order valence-corrected chi connectivity index (χ2v) is 6.64. The number of alkyl halides is 3. The van der Waals surface area contributed by atoms with E-state index in [1.165, 1.54) is 26.0 Å². The zero-order chi connectivity index (χ0) is 22.9. The number of aromatic nitrogens is 2. The Morgan fingerprint density at radius 2 is 1.77 bits per heavy atom. The maximum atomic E-state index is 13.9. The molecule has 0 bridgehead atoms. The Morgan fingerprint density at radius 3 is 2.42 bits per heavy atom. The van der Waals surface area contributed by atoms with E-state index in [0.717, 1.165) is 35.0 Å². The minimum absolute atomic E-state index is 0.0517. The Hall–Kier alpha value is -3.56. The van der Waals surface area contributed by atoms with Gasteiger partial charge >= 0.3 is 12.1 Å². The van der Waals surface area contributed by atoms with Gasteiger partial charge in [-0.05, 0) is 38.1 Å². The van der Waals surface area contributed by atoms with Crippen molar-refractivity contribution in [1.29, 1.82) is 0 Å². The fourth-order valence-corrected chi connectivity index (χ4v) is 2.94. The average Bonchev–Trinajstić information content (AvgIpc) is 2.67. The Morgan fingerprint density at radius 1 is 1.10 bits per heavy atom. The number of nitrogens with zero attached hydrogens (tertiary/aromatic N) is 2. The molecule has 1 aromatic heterocycles. The summed E-state index contributed by atoms with van der Waals surface area (Å²) in [5, 5.41) is 3.78. The third kappa shape index (κ3) is 4.62. The summed E-state index contributed by atoms with van der Waals surface area (Å²) >= 11 is 0. The first-order chi connectivity index (χ1) is 14.5. The number of ether oxygens (including phenoxy) is 1. The lowest BCUT2D eigenvalue weighted by Crippen LogP contribution is -2.26. The fraction of sp³-hybridized carbons (Fsp3) is 0.190. The van der Waals surface area contributed by atoms with Gasteiger partial charge in [0.1, 0.15) is 17.7 Å². The van der Waals surface area contributed by atoms with E-state index in [9.17, 15) is 31.5 Å². The topological polar surface area (TPSA) is 61.2 Å². The summed E-state index contributed by atoms with van der Waals surface area (Å²) in [5.74, 6) is -3.06. The van der Waals surface area contributed by atoms with Gasteiger partial charge in [0.25, 0.3) is 0 Å². The minimum Gasteiger partial charge on any atom is -0.453 e. The molecule has 1 heterocycles. The molecular formula is C21H15F5N2O3. The molecule has 0 saturated heterocycles. The van der Waals surface area contributed by atoms with Crippen molar-refractivity contribution in [2.75, 3.05) is 0 Å². The molecule has 162 valence electrons. The quantitative estimate of drug-likeness (QED) is 0.436. The van der Waals surface area contributed by atoms with E-state index < -0.39 is 46.6 Å². The van der Waals surface area contributed by atoms with Crippen molar-refractivity contribution in [3.8, 4) is 5.69 Å². The van der Waals surface area contributed by atoms with Crippen molar-refractivity contribution < 1.29 is 31.5 Å². The largest absolute Gasteiger partial charge is 0.453 e. The van der Waals surface area contributed by atoms with Crippen LogP contribution < -0.4 is 5.43 Å². The lowest BCUT2D eigenvalue weighted by molar-refractivity contribution is -0.137. The van der Waals surface area contributed by atoms with Crippen LogP contribution in [0.4, 0.5) is 22.0 Å². The van der Waals surface area contributed by atoms with Crippen molar-refractivity contribution in [3.05, 3.63) is 92.9 Å². The molecule has 0 unspecified atom stereocenters. The molecular weight excluding hydrogens is 423 g/mol. The smallest absolute Gasteiger partial charge is 0.418 e. The van der Waals surface area contributed by atoms with E-state index in [-0.39, 0.29) is 16.9 Å². The van der Waals surface area contributed by atoms with Gasteiger partial charge in [0.2, 0.25) is 11.1 Å². The van der Waals surface area contributed by atoms with E-state index >= 15 is 0 Å². The molecule has 0 aliphatic rings. The van der Waals surface area contributed by atoms with Crippen LogP contribution in [-0.2, 0) is 10.9 Å². The number of hydrogen-bond acceptors (Lipinski definition) is 4. The monoisotopic (exact) mass is 438 g/mol. The van der Waals surface area contributed by atoms with E-state index in [4.69, 9.17) is 4.74 Å². The summed E-state index contributed by atoms with van der Waals surface area (Å²) < 4.78 is 73.0. The van der Waals surface area contributed by atoms with Crippen molar-refractivity contribution in [3.63, 3.8) is 0 Å². The Bertz CT molecular complexity index is 1200. The second-order valence-electron chi connectivity index (χ2n) is 6.64. The van der Waals surface area contributed by atoms with E-state index in [1.807, 2.05) is 0 Å². The SMILES string of the molecule is Cc1cc(=O)c(C(=O)O[C@@H](C)c2ccc(F)cc2F)nn1-c1ccccc1C(F)(F)F. The summed E-state index contributed by atoms with van der Waals surface area (Å²) in [5.41, 5.74) is -3.16. The van der Waals surface area contributed by atoms with E-state index in [0.29, 0.717) is 6.07 Å². The maximum absolute atomic E-state index is 13.9. The molecule has 10 heteroatoms. The molecule has 0 radical (unpaired) electrons. The maximum Gasteiger partial charge on any atom is 0.418 e. The first-order valence-electron chi connectivity index (χ1n) is 8.92. The van der Waals surface area contributed by atoms with Crippen LogP contribution in [0.3, 0.4) is 0 Å². The standard InChI is InChI=1S/C21H15F5N2O3/c1-11-9-18(29)19(20(30)31-12(2)14-8-7-13(22)10-16(14)23)27-28(11)17-6-4-3-5-15(17)21(24,25)26/h3-10,12H,1-2H3/t12-/m0/s1. The number of rotatable bonds is 4. The highest BCUT2D eigenvalue weighted by atomic mass is 19.4. The Balaban J connectivity index is 2.00. The van der Waals surface area contributed by atoms with Crippen LogP contribution in [0.25, 0.3) is 5.69 Å². The third-order valence-corrected chi connectivity index (χ3v) is 4.42. The molecule has 0 N–H and O–H groups in total. The summed E-state index contributed by atoms with van der Waals surface area (Å²) in [4.78, 5) is 24.7. The summed E-state index contributed by atoms with van der Waals surface area (Å²) in [6.07, 6.45) is -5.92. The van der Waals surface area contributed by atoms with Crippen LogP contribution in [0.2, 0.25) is 0 Å². The van der Waals surface area contributed by atoms with E-state index in [1.54, 1.807) is 0 Å². The van der Waals surface area contributed by atoms with Gasteiger partial charge in [-0.25, -0.2) is 18.3 Å². The minimum atomic E-state index is -4.71. The van der Waals surface area contributed by atoms with Gasteiger partial charge in [-0.3, -0.25) is 4.79 Å². The lowest BCUT2D eigenvalue weighted by atomic mass is 10.1. The number of benzene rings is 2. The molecule has 31 heavy (non-hydrogen) atoms. The Labute approximate surface area is 172 Å². The second kappa shape index (κ2) is 8.29. The summed E-state index contributed by atoms with van der Waals surface area (Å²) in [6.45, 7) is 2.65. The molecule has 0 saturated carbocycles. The van der Waals surface area contributed by atoms with Crippen LogP contribution in [0.1, 0.15) is 40.3 Å². The number of halogens is 5. The van der Waals surface area contributed by atoms with E-state index in [2.05, 4.69) is 5.10 Å². The van der Waals surface area contributed by atoms with Crippen molar-refractivity contribution in [2.24, 2.45) is 0 Å². The van der Waals surface area contributed by atoms with Crippen LogP contribution in [-0.4, -0.2) is 15.7 Å². The number of esters is 1. The van der Waals surface area contributed by atoms with Crippen molar-refractivity contribution in [2.45, 2.75) is 26.1 Å². The van der Waals surface area contributed by atoms with Gasteiger partial charge in [-0.1, -0.05) is 12.1 Å². The average molecular weight is 438 g/mol. The van der Waals surface area contributed by atoms with Crippen LogP contribution in [0.5, 0.6) is 0 Å². The molecule has 0 amide bonds. The zero-order valence-electron chi connectivity index (χ0n) is 16.2. The molecule has 0 aliphatic carbocycles. The molecule has 3 rings (SSSR count). The van der Waals surface area contributed by atoms with Gasteiger partial charge in [0, 0.05) is 23.4 Å². The summed E-state index contributed by atoms with van der Waals surface area (Å²) in [7, 11) is 0. The van der Waals surface area contributed by atoms with Crippen LogP contribution in [0.15, 0.2) is 53.3 Å². The van der Waals surface area contributed by atoms with Gasteiger partial charge in [-0.15, -0.1) is 0 Å². The van der Waals surface area contributed by atoms with Gasteiger partial charge in [0.15, 0.2) is 0 Å². The predicted molar refractivity (Wildman–Crippen MR) is 99.8 cm³/mol. The van der Waals surface area contributed by atoms with Crippen LogP contribution >= 0.6 is 0 Å². The number of carbonyl (C=O) groups excluding carboxylic acids is 1. The fourth-order valence-electron chi connectivity index (χ4n) is 2.94. The zero-order valence-corrected chi connectivity index (χ0v) is 16.2. The normalized spacial score (nSPS) is 12.5.